The maximum Gasteiger partial charge on any atom is 0.331 e. The molecule has 1 heterocycles. The SMILES string of the molecule is NC(=O)Nc1nc2ccc(C3=C(C(=O)O)CCC3)cc2s1. The van der Waals surface area contributed by atoms with Gasteiger partial charge >= 0.3 is 12.0 Å². The number of carboxylic acid groups (broad SMARTS) is 1. The second-order valence-electron chi connectivity index (χ2n) is 4.81. The Morgan fingerprint density at radius 2 is 2.14 bits per heavy atom. The van der Waals surface area contributed by atoms with Crippen LogP contribution in [-0.2, 0) is 4.79 Å². The summed E-state index contributed by atoms with van der Waals surface area (Å²) in [7, 11) is 0. The summed E-state index contributed by atoms with van der Waals surface area (Å²) in [5, 5.41) is 12.1. The van der Waals surface area contributed by atoms with Crippen molar-refractivity contribution in [1.82, 2.24) is 4.98 Å². The van der Waals surface area contributed by atoms with E-state index in [0.717, 1.165) is 34.2 Å². The molecular formula is C14H13N3O3S. The fourth-order valence-electron chi connectivity index (χ4n) is 2.57. The van der Waals surface area contributed by atoms with Crippen molar-refractivity contribution in [3.05, 3.63) is 29.3 Å². The van der Waals surface area contributed by atoms with Gasteiger partial charge in [-0.05, 0) is 42.5 Å². The highest BCUT2D eigenvalue weighted by Gasteiger charge is 2.21. The number of primary amides is 1. The summed E-state index contributed by atoms with van der Waals surface area (Å²) in [6.07, 6.45) is 2.25. The predicted octanol–water partition coefficient (Wildman–Crippen LogP) is 2.81. The van der Waals surface area contributed by atoms with Crippen molar-refractivity contribution in [3.8, 4) is 0 Å². The maximum absolute atomic E-state index is 11.2. The zero-order chi connectivity index (χ0) is 15.0. The summed E-state index contributed by atoms with van der Waals surface area (Å²) in [4.78, 5) is 26.3. The van der Waals surface area contributed by atoms with Crippen molar-refractivity contribution in [1.29, 1.82) is 0 Å². The van der Waals surface area contributed by atoms with Gasteiger partial charge in [0, 0.05) is 5.57 Å². The summed E-state index contributed by atoms with van der Waals surface area (Å²) < 4.78 is 0.889. The summed E-state index contributed by atoms with van der Waals surface area (Å²) in [5.74, 6) is -0.844. The Bertz CT molecular complexity index is 779. The molecule has 1 aliphatic rings. The van der Waals surface area contributed by atoms with Crippen molar-refractivity contribution < 1.29 is 14.7 Å². The number of benzene rings is 1. The number of fused-ring (bicyclic) bond motifs is 1. The number of hydrogen-bond acceptors (Lipinski definition) is 4. The summed E-state index contributed by atoms with van der Waals surface area (Å²) >= 11 is 1.32. The van der Waals surface area contributed by atoms with Crippen LogP contribution in [0, 0.1) is 0 Å². The Morgan fingerprint density at radius 1 is 1.33 bits per heavy atom. The average molecular weight is 303 g/mol. The molecule has 3 rings (SSSR count). The molecule has 0 atom stereocenters. The van der Waals surface area contributed by atoms with E-state index in [0.29, 0.717) is 17.1 Å². The van der Waals surface area contributed by atoms with E-state index in [2.05, 4.69) is 10.3 Å². The number of aliphatic carboxylic acids is 1. The van der Waals surface area contributed by atoms with E-state index in [1.165, 1.54) is 11.3 Å². The minimum absolute atomic E-state index is 0.438. The third kappa shape index (κ3) is 2.59. The van der Waals surface area contributed by atoms with Crippen molar-refractivity contribution >= 4 is 44.3 Å². The monoisotopic (exact) mass is 303 g/mol. The van der Waals surface area contributed by atoms with Gasteiger partial charge in [-0.2, -0.15) is 0 Å². The highest BCUT2D eigenvalue weighted by molar-refractivity contribution is 7.22. The Hall–Kier alpha value is -2.41. The Kier molecular flexibility index (Phi) is 3.34. The summed E-state index contributed by atoms with van der Waals surface area (Å²) in [6.45, 7) is 0. The Balaban J connectivity index is 2.03. The van der Waals surface area contributed by atoms with E-state index >= 15 is 0 Å². The van der Waals surface area contributed by atoms with Crippen LogP contribution < -0.4 is 11.1 Å². The third-order valence-electron chi connectivity index (χ3n) is 3.44. The topological polar surface area (TPSA) is 105 Å². The molecule has 0 bridgehead atoms. The van der Waals surface area contributed by atoms with E-state index in [4.69, 9.17) is 5.73 Å². The van der Waals surface area contributed by atoms with Crippen LogP contribution in [-0.4, -0.2) is 22.1 Å². The van der Waals surface area contributed by atoms with E-state index in [9.17, 15) is 14.7 Å². The van der Waals surface area contributed by atoms with Crippen LogP contribution in [0.4, 0.5) is 9.93 Å². The van der Waals surface area contributed by atoms with Crippen LogP contribution in [0.5, 0.6) is 0 Å². The number of rotatable bonds is 3. The molecule has 7 heteroatoms. The fraction of sp³-hybridized carbons (Fsp3) is 0.214. The molecule has 2 aromatic rings. The van der Waals surface area contributed by atoms with Crippen molar-refractivity contribution in [2.24, 2.45) is 5.73 Å². The van der Waals surface area contributed by atoms with Crippen molar-refractivity contribution in [2.75, 3.05) is 5.32 Å². The lowest BCUT2D eigenvalue weighted by molar-refractivity contribution is -0.132. The molecule has 6 nitrogen and oxygen atoms in total. The highest BCUT2D eigenvalue weighted by atomic mass is 32.1. The summed E-state index contributed by atoms with van der Waals surface area (Å²) in [5.41, 5.74) is 8.12. The van der Waals surface area contributed by atoms with Gasteiger partial charge < -0.3 is 10.8 Å². The molecule has 21 heavy (non-hydrogen) atoms. The van der Waals surface area contributed by atoms with Crippen molar-refractivity contribution in [2.45, 2.75) is 19.3 Å². The number of urea groups is 1. The number of thiazole rings is 1. The largest absolute Gasteiger partial charge is 0.478 e. The number of carboxylic acids is 1. The second kappa shape index (κ2) is 5.17. The molecule has 0 spiro atoms. The first-order valence-corrected chi connectivity index (χ1v) is 7.29. The number of carbonyl (C=O) groups excluding carboxylic acids is 1. The normalized spacial score (nSPS) is 14.7. The predicted molar refractivity (Wildman–Crippen MR) is 81.2 cm³/mol. The molecule has 0 radical (unpaired) electrons. The minimum atomic E-state index is -0.844. The number of nitrogens with zero attached hydrogens (tertiary/aromatic N) is 1. The molecule has 0 fully saturated rings. The smallest absolute Gasteiger partial charge is 0.331 e. The molecule has 2 amide bonds. The van der Waals surface area contributed by atoms with Gasteiger partial charge in [0.05, 0.1) is 10.2 Å². The number of nitrogens with one attached hydrogen (secondary N) is 1. The number of nitrogens with two attached hydrogens (primary N) is 1. The maximum atomic E-state index is 11.2. The van der Waals surface area contributed by atoms with Crippen molar-refractivity contribution in [3.63, 3.8) is 0 Å². The zero-order valence-electron chi connectivity index (χ0n) is 11.0. The number of anilines is 1. The van der Waals surface area contributed by atoms with E-state index in [1.807, 2.05) is 18.2 Å². The number of allylic oxidation sites excluding steroid dienone is 1. The molecule has 0 saturated heterocycles. The van der Waals surface area contributed by atoms with Gasteiger partial charge in [-0.1, -0.05) is 17.4 Å². The van der Waals surface area contributed by atoms with Gasteiger partial charge in [-0.15, -0.1) is 0 Å². The average Bonchev–Trinajstić information content (AvgIpc) is 3.02. The first-order chi connectivity index (χ1) is 10.0. The van der Waals surface area contributed by atoms with Gasteiger partial charge in [-0.25, -0.2) is 14.6 Å². The van der Waals surface area contributed by atoms with Crippen LogP contribution in [0.1, 0.15) is 24.8 Å². The molecule has 0 saturated carbocycles. The molecule has 4 N–H and O–H groups in total. The number of aromatic nitrogens is 1. The second-order valence-corrected chi connectivity index (χ2v) is 5.84. The lowest BCUT2D eigenvalue weighted by Gasteiger charge is -2.04. The van der Waals surface area contributed by atoms with Gasteiger partial charge in [0.25, 0.3) is 0 Å². The van der Waals surface area contributed by atoms with Crippen LogP contribution in [0.15, 0.2) is 23.8 Å². The Labute approximate surface area is 124 Å². The first-order valence-electron chi connectivity index (χ1n) is 6.47. The highest BCUT2D eigenvalue weighted by Crippen LogP contribution is 2.36. The molecule has 108 valence electrons. The molecule has 1 aromatic carbocycles. The van der Waals surface area contributed by atoms with E-state index in [1.54, 1.807) is 0 Å². The lowest BCUT2D eigenvalue weighted by Crippen LogP contribution is -2.18. The first kappa shape index (κ1) is 13.6. The zero-order valence-corrected chi connectivity index (χ0v) is 11.9. The van der Waals surface area contributed by atoms with Crippen LogP contribution in [0.2, 0.25) is 0 Å². The molecule has 1 aliphatic carbocycles. The summed E-state index contributed by atoms with van der Waals surface area (Å²) in [6, 6.07) is 4.97. The van der Waals surface area contributed by atoms with Crippen LogP contribution in [0.25, 0.3) is 15.8 Å². The quantitative estimate of drug-likeness (QED) is 0.810. The van der Waals surface area contributed by atoms with E-state index < -0.39 is 12.0 Å². The number of amides is 2. The van der Waals surface area contributed by atoms with Crippen LogP contribution in [0.3, 0.4) is 0 Å². The van der Waals surface area contributed by atoms with Crippen LogP contribution >= 0.6 is 11.3 Å². The lowest BCUT2D eigenvalue weighted by atomic mass is 10.0. The Morgan fingerprint density at radius 3 is 2.86 bits per heavy atom. The van der Waals surface area contributed by atoms with Gasteiger partial charge in [0.15, 0.2) is 5.13 Å². The number of hydrogen-bond donors (Lipinski definition) is 3. The molecule has 0 unspecified atom stereocenters. The van der Waals surface area contributed by atoms with E-state index in [-0.39, 0.29) is 0 Å². The fourth-order valence-corrected chi connectivity index (χ4v) is 3.48. The van der Waals surface area contributed by atoms with Gasteiger partial charge in [0.1, 0.15) is 0 Å². The molecule has 0 aliphatic heterocycles. The third-order valence-corrected chi connectivity index (χ3v) is 4.38. The molecule has 1 aromatic heterocycles. The number of carbonyl (C=O) groups is 2. The van der Waals surface area contributed by atoms with Gasteiger partial charge in [-0.3, -0.25) is 5.32 Å². The van der Waals surface area contributed by atoms with Gasteiger partial charge in [0.2, 0.25) is 0 Å². The molecular weight excluding hydrogens is 290 g/mol. The standard InChI is InChI=1S/C14H13N3O3S/c15-13(20)17-14-16-10-5-4-7(6-11(10)21-14)8-2-1-3-9(8)12(18)19/h4-6H,1-3H2,(H,18,19)(H3,15,16,17,20). The minimum Gasteiger partial charge on any atom is -0.478 e.